The van der Waals surface area contributed by atoms with E-state index in [9.17, 15) is 9.90 Å². The first-order valence-corrected chi connectivity index (χ1v) is 5.23. The summed E-state index contributed by atoms with van der Waals surface area (Å²) in [5.41, 5.74) is 2.03. The lowest BCUT2D eigenvalue weighted by Gasteiger charge is -2.25. The van der Waals surface area contributed by atoms with Crippen molar-refractivity contribution < 1.29 is 15.0 Å². The van der Waals surface area contributed by atoms with Gasteiger partial charge in [0.25, 0.3) is 0 Å². The number of carboxylic acids is 1. The van der Waals surface area contributed by atoms with Crippen LogP contribution in [0.15, 0.2) is 12.3 Å². The van der Waals surface area contributed by atoms with Crippen molar-refractivity contribution in [1.29, 1.82) is 0 Å². The van der Waals surface area contributed by atoms with Gasteiger partial charge in [0.2, 0.25) is 0 Å². The van der Waals surface area contributed by atoms with Gasteiger partial charge < -0.3 is 15.2 Å². The first-order chi connectivity index (χ1) is 7.16. The third-order valence-electron chi connectivity index (χ3n) is 3.04. The summed E-state index contributed by atoms with van der Waals surface area (Å²) in [7, 11) is 0. The van der Waals surface area contributed by atoms with E-state index in [1.165, 1.54) is 0 Å². The molecule has 0 radical (unpaired) electrons. The number of hydrogen-bond donors (Lipinski definition) is 3. The third kappa shape index (κ3) is 2.21. The molecule has 0 spiro atoms. The van der Waals surface area contributed by atoms with Crippen LogP contribution in [0.5, 0.6) is 0 Å². The minimum atomic E-state index is -0.762. The monoisotopic (exact) mass is 209 g/mol. The molecule has 0 aliphatic heterocycles. The van der Waals surface area contributed by atoms with Gasteiger partial charge in [0, 0.05) is 23.9 Å². The van der Waals surface area contributed by atoms with Crippen molar-refractivity contribution in [3.8, 4) is 0 Å². The number of H-pyrrole nitrogens is 1. The van der Waals surface area contributed by atoms with Crippen molar-refractivity contribution in [3.63, 3.8) is 0 Å². The van der Waals surface area contributed by atoms with Crippen molar-refractivity contribution >= 4 is 5.97 Å². The number of carbonyl (C=O) groups is 1. The highest BCUT2D eigenvalue weighted by Crippen LogP contribution is 2.34. The van der Waals surface area contributed by atoms with Crippen molar-refractivity contribution in [2.24, 2.45) is 5.92 Å². The molecule has 0 amide bonds. The lowest BCUT2D eigenvalue weighted by atomic mass is 9.83. The van der Waals surface area contributed by atoms with Gasteiger partial charge in [-0.1, -0.05) is 0 Å². The number of nitrogens with one attached hydrogen (secondary N) is 1. The summed E-state index contributed by atoms with van der Waals surface area (Å²) in [6.45, 7) is 0. The molecule has 1 aliphatic carbocycles. The quantitative estimate of drug-likeness (QED) is 0.705. The third-order valence-corrected chi connectivity index (χ3v) is 3.04. The van der Waals surface area contributed by atoms with Gasteiger partial charge in [-0.3, -0.25) is 4.79 Å². The molecule has 2 atom stereocenters. The molecule has 0 saturated carbocycles. The lowest BCUT2D eigenvalue weighted by Crippen LogP contribution is -2.18. The zero-order chi connectivity index (χ0) is 10.8. The molecule has 2 rings (SSSR count). The van der Waals surface area contributed by atoms with Gasteiger partial charge in [-0.2, -0.15) is 0 Å². The van der Waals surface area contributed by atoms with Crippen LogP contribution in [0.3, 0.4) is 0 Å². The van der Waals surface area contributed by atoms with Gasteiger partial charge in [0.05, 0.1) is 6.10 Å². The van der Waals surface area contributed by atoms with Crippen LogP contribution in [0, 0.1) is 5.92 Å². The number of aromatic nitrogens is 1. The molecule has 4 heteroatoms. The number of aliphatic carboxylic acids is 1. The molecule has 82 valence electrons. The topological polar surface area (TPSA) is 73.3 Å². The lowest BCUT2D eigenvalue weighted by molar-refractivity contribution is -0.137. The van der Waals surface area contributed by atoms with Gasteiger partial charge in [0.15, 0.2) is 0 Å². The highest BCUT2D eigenvalue weighted by molar-refractivity contribution is 5.66. The highest BCUT2D eigenvalue weighted by atomic mass is 16.4. The Balaban J connectivity index is 2.00. The summed E-state index contributed by atoms with van der Waals surface area (Å²) >= 11 is 0. The van der Waals surface area contributed by atoms with Crippen LogP contribution in [0.2, 0.25) is 0 Å². The fraction of sp³-hybridized carbons (Fsp3) is 0.545. The average molecular weight is 209 g/mol. The fourth-order valence-electron chi connectivity index (χ4n) is 2.27. The summed E-state index contributed by atoms with van der Waals surface area (Å²) in [6, 6.07) is 1.90. The molecule has 1 aliphatic rings. The zero-order valence-corrected chi connectivity index (χ0v) is 8.44. The Kier molecular flexibility index (Phi) is 2.77. The predicted octanol–water partition coefficient (Wildman–Crippen LogP) is 1.48. The van der Waals surface area contributed by atoms with Crippen LogP contribution in [0.4, 0.5) is 0 Å². The number of carboxylic acid groups (broad SMARTS) is 1. The molecule has 3 N–H and O–H groups in total. The van der Waals surface area contributed by atoms with E-state index in [1.54, 1.807) is 0 Å². The Morgan fingerprint density at radius 2 is 2.40 bits per heavy atom. The van der Waals surface area contributed by atoms with E-state index in [1.807, 2.05) is 12.3 Å². The van der Waals surface area contributed by atoms with Crippen molar-refractivity contribution in [3.05, 3.63) is 23.5 Å². The summed E-state index contributed by atoms with van der Waals surface area (Å²) in [4.78, 5) is 13.5. The van der Waals surface area contributed by atoms with Gasteiger partial charge in [-0.05, 0) is 31.2 Å². The molecule has 1 aromatic rings. The van der Waals surface area contributed by atoms with Crippen LogP contribution in [-0.4, -0.2) is 21.2 Å². The average Bonchev–Trinajstić information content (AvgIpc) is 2.63. The SMILES string of the molecule is O=C(O)CCC1Cc2[nH]ccc2C(O)C1. The van der Waals surface area contributed by atoms with Crippen molar-refractivity contribution in [2.45, 2.75) is 31.8 Å². The molecule has 0 bridgehead atoms. The van der Waals surface area contributed by atoms with E-state index in [0.29, 0.717) is 12.8 Å². The molecule has 1 heterocycles. The maximum Gasteiger partial charge on any atom is 0.303 e. The first-order valence-electron chi connectivity index (χ1n) is 5.23. The fourth-order valence-corrected chi connectivity index (χ4v) is 2.27. The second-order valence-corrected chi connectivity index (χ2v) is 4.17. The summed E-state index contributed by atoms with van der Waals surface area (Å²) in [5, 5.41) is 18.4. The van der Waals surface area contributed by atoms with E-state index in [0.717, 1.165) is 17.7 Å². The number of hydrogen-bond acceptors (Lipinski definition) is 2. The molecule has 2 unspecified atom stereocenters. The van der Waals surface area contributed by atoms with E-state index in [4.69, 9.17) is 5.11 Å². The van der Waals surface area contributed by atoms with Crippen LogP contribution in [-0.2, 0) is 11.2 Å². The summed E-state index contributed by atoms with van der Waals surface area (Å²) in [5.74, 6) is -0.482. The minimum absolute atomic E-state index is 0.188. The number of aliphatic hydroxyl groups is 1. The second-order valence-electron chi connectivity index (χ2n) is 4.17. The van der Waals surface area contributed by atoms with E-state index < -0.39 is 12.1 Å². The number of rotatable bonds is 3. The largest absolute Gasteiger partial charge is 0.481 e. The Labute approximate surface area is 87.9 Å². The maximum atomic E-state index is 10.4. The number of aliphatic hydroxyl groups excluding tert-OH is 1. The van der Waals surface area contributed by atoms with Crippen LogP contribution >= 0.6 is 0 Å². The molecular weight excluding hydrogens is 194 g/mol. The van der Waals surface area contributed by atoms with Crippen molar-refractivity contribution in [2.75, 3.05) is 0 Å². The standard InChI is InChI=1S/C11H15NO3/c13-10-6-7(1-2-11(14)15)5-9-8(10)3-4-12-9/h3-4,7,10,12-13H,1-2,5-6H2,(H,14,15). The van der Waals surface area contributed by atoms with Crippen LogP contribution in [0.1, 0.15) is 36.6 Å². The predicted molar refractivity (Wildman–Crippen MR) is 54.4 cm³/mol. The van der Waals surface area contributed by atoms with Crippen LogP contribution < -0.4 is 0 Å². The minimum Gasteiger partial charge on any atom is -0.481 e. The molecule has 0 saturated heterocycles. The zero-order valence-electron chi connectivity index (χ0n) is 8.44. The van der Waals surface area contributed by atoms with Crippen molar-refractivity contribution in [1.82, 2.24) is 4.98 Å². The normalized spacial score (nSPS) is 24.9. The molecular formula is C11H15NO3. The number of aromatic amines is 1. The Morgan fingerprint density at radius 1 is 1.60 bits per heavy atom. The summed E-state index contributed by atoms with van der Waals surface area (Å²) < 4.78 is 0. The van der Waals surface area contributed by atoms with Gasteiger partial charge in [-0.15, -0.1) is 0 Å². The van der Waals surface area contributed by atoms with Crippen LogP contribution in [0.25, 0.3) is 0 Å². The van der Waals surface area contributed by atoms with Gasteiger partial charge >= 0.3 is 5.97 Å². The smallest absolute Gasteiger partial charge is 0.303 e. The highest BCUT2D eigenvalue weighted by Gasteiger charge is 2.26. The number of fused-ring (bicyclic) bond motifs is 1. The summed E-state index contributed by atoms with van der Waals surface area (Å²) in [6.07, 6.45) is 3.76. The van der Waals surface area contributed by atoms with E-state index >= 15 is 0 Å². The Hall–Kier alpha value is -1.29. The van der Waals surface area contributed by atoms with E-state index in [2.05, 4.69) is 4.98 Å². The molecule has 1 aromatic heterocycles. The maximum absolute atomic E-state index is 10.4. The molecule has 4 nitrogen and oxygen atoms in total. The Bertz CT molecular complexity index is 358. The molecule has 0 aromatic carbocycles. The second kappa shape index (κ2) is 4.06. The molecule has 0 fully saturated rings. The van der Waals surface area contributed by atoms with E-state index in [-0.39, 0.29) is 12.3 Å². The first kappa shape index (κ1) is 10.2. The molecule has 15 heavy (non-hydrogen) atoms. The Morgan fingerprint density at radius 3 is 3.13 bits per heavy atom. The van der Waals surface area contributed by atoms with Gasteiger partial charge in [0.1, 0.15) is 0 Å². The van der Waals surface area contributed by atoms with Gasteiger partial charge in [-0.25, -0.2) is 0 Å².